The van der Waals surface area contributed by atoms with Crippen molar-refractivity contribution in [2.24, 2.45) is 5.10 Å². The van der Waals surface area contributed by atoms with E-state index in [1.165, 1.54) is 17.3 Å². The van der Waals surface area contributed by atoms with Crippen LogP contribution in [0.25, 0.3) is 17.0 Å². The van der Waals surface area contributed by atoms with Crippen molar-refractivity contribution in [3.63, 3.8) is 0 Å². The quantitative estimate of drug-likeness (QED) is 0.346. The summed E-state index contributed by atoms with van der Waals surface area (Å²) in [6.07, 6.45) is 1.73. The molecule has 0 amide bonds. The number of nitriles is 1. The Morgan fingerprint density at radius 3 is 2.64 bits per heavy atom. The van der Waals surface area contributed by atoms with Crippen LogP contribution in [0.1, 0.15) is 11.3 Å². The van der Waals surface area contributed by atoms with Crippen LogP contribution in [0.4, 0.5) is 5.82 Å². The van der Waals surface area contributed by atoms with E-state index in [0.29, 0.717) is 22.2 Å². The number of benzene rings is 2. The van der Waals surface area contributed by atoms with Crippen LogP contribution in [0, 0.1) is 11.3 Å². The minimum Gasteiger partial charge on any atom is -0.455 e. The molecule has 0 aliphatic heterocycles. The van der Waals surface area contributed by atoms with Gasteiger partial charge < -0.3 is 4.42 Å². The van der Waals surface area contributed by atoms with E-state index in [0.717, 1.165) is 15.7 Å². The number of nitrogens with zero attached hydrogens (tertiary/aromatic N) is 4. The van der Waals surface area contributed by atoms with Gasteiger partial charge >= 0.3 is 5.69 Å². The molecule has 0 radical (unpaired) electrons. The molecule has 0 fully saturated rings. The number of hydrogen-bond donors (Lipinski definition) is 1. The van der Waals surface area contributed by atoms with Gasteiger partial charge in [-0.2, -0.15) is 10.4 Å². The highest BCUT2D eigenvalue weighted by molar-refractivity contribution is 6.30. The summed E-state index contributed by atoms with van der Waals surface area (Å²) in [5.74, 6) is 1.35. The summed E-state index contributed by atoms with van der Waals surface area (Å²) in [4.78, 5) is 27.9. The summed E-state index contributed by atoms with van der Waals surface area (Å²) in [6.45, 7) is 0. The van der Waals surface area contributed by atoms with Crippen molar-refractivity contribution in [1.29, 1.82) is 5.26 Å². The predicted molar refractivity (Wildman–Crippen MR) is 127 cm³/mol. The van der Waals surface area contributed by atoms with E-state index < -0.39 is 11.2 Å². The molecule has 0 aliphatic rings. The van der Waals surface area contributed by atoms with Crippen LogP contribution >= 0.6 is 11.6 Å². The minimum absolute atomic E-state index is 0.222. The van der Waals surface area contributed by atoms with Crippen molar-refractivity contribution < 1.29 is 4.42 Å². The van der Waals surface area contributed by atoms with Crippen molar-refractivity contribution in [2.45, 2.75) is 6.42 Å². The maximum Gasteiger partial charge on any atom is 0.334 e. The van der Waals surface area contributed by atoms with Crippen LogP contribution in [0.3, 0.4) is 0 Å². The molecular formula is C24H18ClN5O3. The van der Waals surface area contributed by atoms with Gasteiger partial charge in [-0.15, -0.1) is 0 Å². The van der Waals surface area contributed by atoms with Crippen molar-refractivity contribution in [2.75, 3.05) is 12.1 Å². The van der Waals surface area contributed by atoms with Gasteiger partial charge in [-0.25, -0.2) is 9.36 Å². The van der Waals surface area contributed by atoms with Crippen LogP contribution in [-0.2, 0) is 6.42 Å². The van der Waals surface area contributed by atoms with E-state index in [2.05, 4.69) is 16.2 Å². The minimum atomic E-state index is -0.603. The number of hydrogen-bond acceptors (Lipinski definition) is 6. The Morgan fingerprint density at radius 1 is 1.15 bits per heavy atom. The molecule has 33 heavy (non-hydrogen) atoms. The van der Waals surface area contributed by atoms with E-state index in [1.807, 2.05) is 12.1 Å². The molecule has 2 aromatic heterocycles. The molecule has 2 aromatic carbocycles. The Balaban J connectivity index is 1.54. The highest BCUT2D eigenvalue weighted by atomic mass is 35.5. The van der Waals surface area contributed by atoms with E-state index in [4.69, 9.17) is 21.3 Å². The number of halogens is 1. The fraction of sp³-hybridized carbons (Fsp3) is 0.0833. The van der Waals surface area contributed by atoms with E-state index >= 15 is 0 Å². The average Bonchev–Trinajstić information content (AvgIpc) is 3.27. The first-order valence-corrected chi connectivity index (χ1v) is 10.3. The Hall–Kier alpha value is -4.35. The summed E-state index contributed by atoms with van der Waals surface area (Å²) in [6, 6.07) is 20.8. The maximum atomic E-state index is 12.6. The summed E-state index contributed by atoms with van der Waals surface area (Å²) < 4.78 is 6.78. The number of rotatable bonds is 6. The second-order valence-electron chi connectivity index (χ2n) is 7.12. The van der Waals surface area contributed by atoms with Crippen LogP contribution < -0.4 is 16.3 Å². The first-order valence-electron chi connectivity index (χ1n) is 9.91. The zero-order valence-electron chi connectivity index (χ0n) is 17.5. The summed E-state index contributed by atoms with van der Waals surface area (Å²) in [5, 5.41) is 15.0. The lowest BCUT2D eigenvalue weighted by Gasteiger charge is -2.13. The molecule has 4 rings (SSSR count). The lowest BCUT2D eigenvalue weighted by Crippen LogP contribution is -2.34. The Morgan fingerprint density at radius 2 is 1.94 bits per heavy atom. The molecule has 0 aliphatic carbocycles. The number of hydrazone groups is 1. The fourth-order valence-electron chi connectivity index (χ4n) is 3.18. The third-order valence-electron chi connectivity index (χ3n) is 4.84. The van der Waals surface area contributed by atoms with Gasteiger partial charge in [0.05, 0.1) is 24.4 Å². The molecule has 0 bridgehead atoms. The third kappa shape index (κ3) is 4.95. The summed E-state index contributed by atoms with van der Waals surface area (Å²) in [5.41, 5.74) is 0.931. The Bertz CT molecular complexity index is 1440. The first-order chi connectivity index (χ1) is 15.9. The summed E-state index contributed by atoms with van der Waals surface area (Å²) in [7, 11) is 1.60. The van der Waals surface area contributed by atoms with Gasteiger partial charge in [-0.05, 0) is 42.0 Å². The molecule has 0 atom stereocenters. The number of nitrogens with one attached hydrogen (secondary N) is 1. The van der Waals surface area contributed by atoms with Gasteiger partial charge in [-0.3, -0.25) is 14.8 Å². The zero-order valence-corrected chi connectivity index (χ0v) is 18.3. The third-order valence-corrected chi connectivity index (χ3v) is 5.07. The molecule has 1 N–H and O–H groups in total. The smallest absolute Gasteiger partial charge is 0.334 e. The maximum absolute atomic E-state index is 12.6. The lowest BCUT2D eigenvalue weighted by atomic mass is 10.1. The van der Waals surface area contributed by atoms with Gasteiger partial charge in [0.15, 0.2) is 0 Å². The molecule has 0 unspecified atom stereocenters. The molecule has 9 heteroatoms. The van der Waals surface area contributed by atoms with Gasteiger partial charge in [-0.1, -0.05) is 35.9 Å². The topological polar surface area (TPSA) is 107 Å². The molecular weight excluding hydrogens is 442 g/mol. The molecule has 8 nitrogen and oxygen atoms in total. The van der Waals surface area contributed by atoms with Gasteiger partial charge in [0.25, 0.3) is 5.56 Å². The average molecular weight is 460 g/mol. The van der Waals surface area contributed by atoms with Crippen molar-refractivity contribution in [3.8, 4) is 23.1 Å². The van der Waals surface area contributed by atoms with E-state index in [9.17, 15) is 9.59 Å². The molecule has 2 heterocycles. The highest BCUT2D eigenvalue weighted by Gasteiger charge is 2.10. The highest BCUT2D eigenvalue weighted by Crippen LogP contribution is 2.24. The Kier molecular flexibility index (Phi) is 6.24. The lowest BCUT2D eigenvalue weighted by molar-refractivity contribution is 0.574. The van der Waals surface area contributed by atoms with Crippen LogP contribution in [-0.4, -0.2) is 22.8 Å². The summed E-state index contributed by atoms with van der Waals surface area (Å²) >= 11 is 6.02. The number of aromatic nitrogens is 2. The fourth-order valence-corrected chi connectivity index (χ4v) is 3.37. The molecule has 4 aromatic rings. The largest absolute Gasteiger partial charge is 0.455 e. The van der Waals surface area contributed by atoms with Crippen LogP contribution in [0.2, 0.25) is 5.02 Å². The number of aromatic amines is 1. The monoisotopic (exact) mass is 459 g/mol. The second-order valence-corrected chi connectivity index (χ2v) is 7.55. The molecule has 0 spiro atoms. The number of anilines is 1. The standard InChI is InChI=1S/C24H18ClN5O3/c1-29(27-15-20-9-10-21(33-20)17-3-2-4-18(25)13-17)22-14-23(31)30(24(32)28-22)19-7-5-16(6-8-19)11-12-26/h2-10,13-15H,11H2,1H3,(H,28,32)/b27-15+. The Labute approximate surface area is 193 Å². The number of H-pyrrole nitrogens is 1. The van der Waals surface area contributed by atoms with E-state index in [-0.39, 0.29) is 12.2 Å². The predicted octanol–water partition coefficient (Wildman–Crippen LogP) is 3.98. The number of furan rings is 1. The molecule has 0 saturated heterocycles. The van der Waals surface area contributed by atoms with Gasteiger partial charge in [0, 0.05) is 23.7 Å². The zero-order chi connectivity index (χ0) is 23.4. The van der Waals surface area contributed by atoms with Crippen LogP contribution in [0.15, 0.2) is 85.8 Å². The van der Waals surface area contributed by atoms with Gasteiger partial charge in [0.2, 0.25) is 0 Å². The van der Waals surface area contributed by atoms with Crippen molar-refractivity contribution in [1.82, 2.24) is 9.55 Å². The first kappa shape index (κ1) is 21.9. The van der Waals surface area contributed by atoms with Gasteiger partial charge in [0.1, 0.15) is 17.3 Å². The normalized spacial score (nSPS) is 10.9. The van der Waals surface area contributed by atoms with Crippen molar-refractivity contribution >= 4 is 23.6 Å². The molecule has 0 saturated carbocycles. The van der Waals surface area contributed by atoms with Crippen molar-refractivity contribution in [3.05, 3.63) is 104 Å². The SMILES string of the molecule is CN(/N=C/c1ccc(-c2cccc(Cl)c2)o1)c1cc(=O)n(-c2ccc(CC#N)cc2)c(=O)[nH]1. The van der Waals surface area contributed by atoms with E-state index in [1.54, 1.807) is 55.6 Å². The van der Waals surface area contributed by atoms with Crippen LogP contribution in [0.5, 0.6) is 0 Å². The second kappa shape index (κ2) is 9.42. The molecule has 164 valence electrons.